The third-order valence-electron chi connectivity index (χ3n) is 4.16. The molecule has 0 amide bonds. The van der Waals surface area contributed by atoms with Crippen molar-refractivity contribution in [2.24, 2.45) is 0 Å². The fourth-order valence-electron chi connectivity index (χ4n) is 2.76. The lowest BCUT2D eigenvalue weighted by atomic mass is 10.1. The average Bonchev–Trinajstić information content (AvgIpc) is 2.62. The van der Waals surface area contributed by atoms with E-state index in [1.165, 1.54) is 30.4 Å². The van der Waals surface area contributed by atoms with E-state index in [9.17, 15) is 0 Å². The van der Waals surface area contributed by atoms with Crippen LogP contribution in [-0.4, -0.2) is 13.2 Å². The van der Waals surface area contributed by atoms with Crippen LogP contribution in [0.1, 0.15) is 50.2 Å². The number of ether oxygens (including phenoxy) is 1. The SMILES string of the molecule is CCCCCCOc1cccc(CNCCCc2ccccc2)c1. The van der Waals surface area contributed by atoms with Crippen molar-refractivity contribution < 1.29 is 4.74 Å². The van der Waals surface area contributed by atoms with E-state index in [-0.39, 0.29) is 0 Å². The Bertz CT molecular complexity index is 553. The highest BCUT2D eigenvalue weighted by molar-refractivity contribution is 5.28. The van der Waals surface area contributed by atoms with E-state index in [1.54, 1.807) is 0 Å². The number of hydrogen-bond acceptors (Lipinski definition) is 2. The zero-order valence-electron chi connectivity index (χ0n) is 15.0. The van der Waals surface area contributed by atoms with Crippen molar-refractivity contribution in [3.63, 3.8) is 0 Å². The quantitative estimate of drug-likeness (QED) is 0.530. The summed E-state index contributed by atoms with van der Waals surface area (Å²) in [5, 5.41) is 3.53. The zero-order chi connectivity index (χ0) is 16.9. The number of nitrogens with one attached hydrogen (secondary N) is 1. The first-order valence-electron chi connectivity index (χ1n) is 9.35. The average molecular weight is 325 g/mol. The molecule has 0 heterocycles. The molecule has 0 atom stereocenters. The molecular formula is C22H31NO. The summed E-state index contributed by atoms with van der Waals surface area (Å²) in [5.41, 5.74) is 2.71. The van der Waals surface area contributed by atoms with E-state index < -0.39 is 0 Å². The van der Waals surface area contributed by atoms with Gasteiger partial charge < -0.3 is 10.1 Å². The van der Waals surface area contributed by atoms with E-state index >= 15 is 0 Å². The second-order valence-electron chi connectivity index (χ2n) is 6.32. The van der Waals surface area contributed by atoms with Crippen LogP contribution in [0.4, 0.5) is 0 Å². The normalized spacial score (nSPS) is 10.7. The van der Waals surface area contributed by atoms with Gasteiger partial charge in [-0.1, -0.05) is 68.7 Å². The molecule has 0 spiro atoms. The van der Waals surface area contributed by atoms with Crippen LogP contribution in [0.2, 0.25) is 0 Å². The minimum atomic E-state index is 0.827. The first-order chi connectivity index (χ1) is 11.9. The van der Waals surface area contributed by atoms with Gasteiger partial charge in [0.25, 0.3) is 0 Å². The van der Waals surface area contributed by atoms with Gasteiger partial charge in [-0.15, -0.1) is 0 Å². The monoisotopic (exact) mass is 325 g/mol. The van der Waals surface area contributed by atoms with Gasteiger partial charge in [-0.2, -0.15) is 0 Å². The fourth-order valence-corrected chi connectivity index (χ4v) is 2.76. The van der Waals surface area contributed by atoms with E-state index in [1.807, 2.05) is 0 Å². The third-order valence-corrected chi connectivity index (χ3v) is 4.16. The molecule has 24 heavy (non-hydrogen) atoms. The van der Waals surface area contributed by atoms with Crippen molar-refractivity contribution in [3.05, 3.63) is 65.7 Å². The van der Waals surface area contributed by atoms with Gasteiger partial charge in [0.15, 0.2) is 0 Å². The maximum atomic E-state index is 5.85. The van der Waals surface area contributed by atoms with Gasteiger partial charge in [-0.3, -0.25) is 0 Å². The summed E-state index contributed by atoms with van der Waals surface area (Å²) in [6, 6.07) is 19.1. The van der Waals surface area contributed by atoms with Gasteiger partial charge in [0.1, 0.15) is 5.75 Å². The van der Waals surface area contributed by atoms with Crippen molar-refractivity contribution in [3.8, 4) is 5.75 Å². The summed E-state index contributed by atoms with van der Waals surface area (Å²) in [5.74, 6) is 0.995. The molecule has 1 N–H and O–H groups in total. The summed E-state index contributed by atoms with van der Waals surface area (Å²) in [4.78, 5) is 0. The Morgan fingerprint density at radius 1 is 0.833 bits per heavy atom. The Balaban J connectivity index is 1.61. The predicted octanol–water partition coefficient (Wildman–Crippen LogP) is 5.37. The molecule has 2 aromatic rings. The van der Waals surface area contributed by atoms with Crippen molar-refractivity contribution in [1.29, 1.82) is 0 Å². The second kappa shape index (κ2) is 11.7. The maximum Gasteiger partial charge on any atom is 0.119 e. The molecule has 0 aliphatic heterocycles. The number of rotatable bonds is 12. The lowest BCUT2D eigenvalue weighted by Gasteiger charge is -2.09. The van der Waals surface area contributed by atoms with Gasteiger partial charge in [0.05, 0.1) is 6.61 Å². The van der Waals surface area contributed by atoms with E-state index in [0.29, 0.717) is 0 Å². The number of hydrogen-bond donors (Lipinski definition) is 1. The highest BCUT2D eigenvalue weighted by Gasteiger charge is 1.98. The molecule has 0 saturated carbocycles. The van der Waals surface area contributed by atoms with Gasteiger partial charge >= 0.3 is 0 Å². The van der Waals surface area contributed by atoms with Crippen LogP contribution in [0.15, 0.2) is 54.6 Å². The number of aryl methyl sites for hydroxylation is 1. The zero-order valence-corrected chi connectivity index (χ0v) is 15.0. The van der Waals surface area contributed by atoms with E-state index in [4.69, 9.17) is 4.74 Å². The Morgan fingerprint density at radius 3 is 2.50 bits per heavy atom. The molecular weight excluding hydrogens is 294 g/mol. The third kappa shape index (κ3) is 7.65. The minimum absolute atomic E-state index is 0.827. The molecule has 2 nitrogen and oxygen atoms in total. The Hall–Kier alpha value is -1.80. The molecule has 0 fully saturated rings. The summed E-state index contributed by atoms with van der Waals surface area (Å²) >= 11 is 0. The fraction of sp³-hybridized carbons (Fsp3) is 0.455. The highest BCUT2D eigenvalue weighted by Crippen LogP contribution is 2.14. The molecule has 2 aromatic carbocycles. The van der Waals surface area contributed by atoms with Crippen LogP contribution in [0.25, 0.3) is 0 Å². The summed E-state index contributed by atoms with van der Waals surface area (Å²) in [7, 11) is 0. The van der Waals surface area contributed by atoms with Gasteiger partial charge in [0, 0.05) is 6.54 Å². The molecule has 2 heteroatoms. The molecule has 0 bridgehead atoms. The van der Waals surface area contributed by atoms with Crippen molar-refractivity contribution >= 4 is 0 Å². The molecule has 0 saturated heterocycles. The predicted molar refractivity (Wildman–Crippen MR) is 103 cm³/mol. The molecule has 0 unspecified atom stereocenters. The second-order valence-corrected chi connectivity index (χ2v) is 6.32. The van der Waals surface area contributed by atoms with Crippen molar-refractivity contribution in [2.75, 3.05) is 13.2 Å². The van der Waals surface area contributed by atoms with Crippen LogP contribution in [0, 0.1) is 0 Å². The smallest absolute Gasteiger partial charge is 0.119 e. The van der Waals surface area contributed by atoms with Crippen LogP contribution in [-0.2, 0) is 13.0 Å². The Labute approximate surface area is 147 Å². The highest BCUT2D eigenvalue weighted by atomic mass is 16.5. The topological polar surface area (TPSA) is 21.3 Å². The Morgan fingerprint density at radius 2 is 1.67 bits per heavy atom. The lowest BCUT2D eigenvalue weighted by molar-refractivity contribution is 0.304. The van der Waals surface area contributed by atoms with Crippen molar-refractivity contribution in [1.82, 2.24) is 5.32 Å². The van der Waals surface area contributed by atoms with Crippen LogP contribution >= 0.6 is 0 Å². The molecule has 130 valence electrons. The van der Waals surface area contributed by atoms with Crippen LogP contribution < -0.4 is 10.1 Å². The number of unbranched alkanes of at least 4 members (excludes halogenated alkanes) is 3. The largest absolute Gasteiger partial charge is 0.494 e. The summed E-state index contributed by atoms with van der Waals surface area (Å²) in [6.45, 7) is 5.00. The first kappa shape index (κ1) is 18.5. The van der Waals surface area contributed by atoms with Gasteiger partial charge in [-0.05, 0) is 49.1 Å². The van der Waals surface area contributed by atoms with Crippen LogP contribution in [0.3, 0.4) is 0 Å². The van der Waals surface area contributed by atoms with Gasteiger partial charge in [0.2, 0.25) is 0 Å². The van der Waals surface area contributed by atoms with Gasteiger partial charge in [-0.25, -0.2) is 0 Å². The minimum Gasteiger partial charge on any atom is -0.494 e. The standard InChI is InChI=1S/C22H31NO/c1-2-3-4-8-17-24-22-15-9-13-21(18-22)19-23-16-10-14-20-11-6-5-7-12-20/h5-7,9,11-13,15,18,23H,2-4,8,10,14,16-17,19H2,1H3. The Kier molecular flexibility index (Phi) is 9.03. The summed E-state index contributed by atoms with van der Waals surface area (Å²) < 4.78 is 5.85. The molecule has 0 aliphatic carbocycles. The molecule has 2 rings (SSSR count). The van der Waals surface area contributed by atoms with Crippen LogP contribution in [0.5, 0.6) is 5.75 Å². The molecule has 0 aromatic heterocycles. The lowest BCUT2D eigenvalue weighted by Crippen LogP contribution is -2.15. The van der Waals surface area contributed by atoms with E-state index in [0.717, 1.165) is 44.7 Å². The summed E-state index contributed by atoms with van der Waals surface area (Å²) in [6.07, 6.45) is 7.28. The molecule has 0 radical (unpaired) electrons. The van der Waals surface area contributed by atoms with Crippen molar-refractivity contribution in [2.45, 2.75) is 52.0 Å². The number of benzene rings is 2. The maximum absolute atomic E-state index is 5.85. The van der Waals surface area contributed by atoms with E-state index in [2.05, 4.69) is 66.8 Å². The molecule has 0 aliphatic rings. The first-order valence-corrected chi connectivity index (χ1v) is 9.35.